The fraction of sp³-hybridized carbons (Fsp3) is 0.727. The molecule has 0 saturated carbocycles. The van der Waals surface area contributed by atoms with Crippen LogP contribution in [0.1, 0.15) is 12.8 Å². The summed E-state index contributed by atoms with van der Waals surface area (Å²) >= 11 is 0. The van der Waals surface area contributed by atoms with Gasteiger partial charge in [-0.15, -0.1) is 0 Å². The molecule has 100 valence electrons. The van der Waals surface area contributed by atoms with Gasteiger partial charge in [0, 0.05) is 33.0 Å². The van der Waals surface area contributed by atoms with Gasteiger partial charge in [-0.25, -0.2) is 4.79 Å². The Morgan fingerprint density at radius 3 is 2.72 bits per heavy atom. The van der Waals surface area contributed by atoms with E-state index in [0.717, 1.165) is 0 Å². The highest BCUT2D eigenvalue weighted by molar-refractivity contribution is 5.91. The van der Waals surface area contributed by atoms with Crippen LogP contribution in [-0.2, 0) is 19.1 Å². The summed E-state index contributed by atoms with van der Waals surface area (Å²) in [4.78, 5) is 35.7. The number of hydrogen-bond acceptors (Lipinski definition) is 4. The second-order valence-corrected chi connectivity index (χ2v) is 4.64. The number of carbonyl (C=O) groups excluding carboxylic acids is 2. The summed E-state index contributed by atoms with van der Waals surface area (Å²) in [5.41, 5.74) is 0. The molecule has 0 aliphatic carbocycles. The first-order chi connectivity index (χ1) is 8.52. The zero-order valence-corrected chi connectivity index (χ0v) is 10.1. The van der Waals surface area contributed by atoms with Crippen LogP contribution in [0.5, 0.6) is 0 Å². The minimum Gasteiger partial charge on any atom is -0.480 e. The maximum Gasteiger partial charge on any atom is 0.326 e. The van der Waals surface area contributed by atoms with Gasteiger partial charge < -0.3 is 20.1 Å². The highest BCUT2D eigenvalue weighted by Gasteiger charge is 2.43. The monoisotopic (exact) mass is 256 g/mol. The minimum atomic E-state index is -1.03. The van der Waals surface area contributed by atoms with Crippen molar-refractivity contribution in [3.8, 4) is 0 Å². The van der Waals surface area contributed by atoms with Gasteiger partial charge in [-0.2, -0.15) is 0 Å². The van der Waals surface area contributed by atoms with Gasteiger partial charge in [0.05, 0.1) is 12.0 Å². The Labute approximate surface area is 104 Å². The average Bonchev–Trinajstić information content (AvgIpc) is 2.93. The lowest BCUT2D eigenvalue weighted by atomic mass is 10.1. The van der Waals surface area contributed by atoms with Crippen molar-refractivity contribution in [3.05, 3.63) is 0 Å². The lowest BCUT2D eigenvalue weighted by molar-refractivity contribution is -0.149. The van der Waals surface area contributed by atoms with Crippen molar-refractivity contribution in [1.82, 2.24) is 10.2 Å². The SMILES string of the molecule is COC1CC(C(=O)O)N(C(=O)C2CNC(=O)C2)C1. The summed E-state index contributed by atoms with van der Waals surface area (Å²) in [5, 5.41) is 11.7. The predicted octanol–water partition coefficient (Wildman–Crippen LogP) is -1.18. The molecule has 0 radical (unpaired) electrons. The maximum absolute atomic E-state index is 12.2. The first kappa shape index (κ1) is 12.8. The van der Waals surface area contributed by atoms with Crippen LogP contribution >= 0.6 is 0 Å². The van der Waals surface area contributed by atoms with Crippen LogP contribution < -0.4 is 5.32 Å². The smallest absolute Gasteiger partial charge is 0.326 e. The third kappa shape index (κ3) is 2.31. The molecule has 2 aliphatic heterocycles. The lowest BCUT2D eigenvalue weighted by Crippen LogP contribution is -2.44. The molecule has 3 unspecified atom stereocenters. The molecule has 2 amide bonds. The van der Waals surface area contributed by atoms with Gasteiger partial charge in [0.25, 0.3) is 0 Å². The third-order valence-electron chi connectivity index (χ3n) is 3.49. The summed E-state index contributed by atoms with van der Waals surface area (Å²) in [6.45, 7) is 0.565. The molecule has 0 spiro atoms. The number of methoxy groups -OCH3 is 1. The zero-order valence-electron chi connectivity index (χ0n) is 10.1. The topological polar surface area (TPSA) is 95.9 Å². The number of carboxylic acids is 1. The van der Waals surface area contributed by atoms with Gasteiger partial charge in [0.15, 0.2) is 0 Å². The Kier molecular flexibility index (Phi) is 3.51. The molecule has 0 aromatic carbocycles. The van der Waals surface area contributed by atoms with E-state index in [4.69, 9.17) is 9.84 Å². The van der Waals surface area contributed by atoms with Gasteiger partial charge in [-0.1, -0.05) is 0 Å². The number of hydrogen-bond donors (Lipinski definition) is 2. The van der Waals surface area contributed by atoms with Crippen molar-refractivity contribution in [2.24, 2.45) is 5.92 Å². The van der Waals surface area contributed by atoms with E-state index in [-0.39, 0.29) is 37.4 Å². The summed E-state index contributed by atoms with van der Waals surface area (Å²) in [7, 11) is 1.50. The van der Waals surface area contributed by atoms with Crippen molar-refractivity contribution in [1.29, 1.82) is 0 Å². The second-order valence-electron chi connectivity index (χ2n) is 4.64. The summed E-state index contributed by atoms with van der Waals surface area (Å²) in [6, 6.07) is -0.849. The molecule has 2 saturated heterocycles. The molecular weight excluding hydrogens is 240 g/mol. The Morgan fingerprint density at radius 2 is 2.22 bits per heavy atom. The number of amides is 2. The summed E-state index contributed by atoms with van der Waals surface area (Å²) in [5.74, 6) is -1.92. The standard InChI is InChI=1S/C11H16N2O5/c1-18-7-3-8(11(16)17)13(5-7)10(15)6-2-9(14)12-4-6/h6-8H,2-5H2,1H3,(H,12,14)(H,16,17). The van der Waals surface area contributed by atoms with Gasteiger partial charge in [0.1, 0.15) is 6.04 Å². The first-order valence-electron chi connectivity index (χ1n) is 5.85. The molecule has 18 heavy (non-hydrogen) atoms. The Morgan fingerprint density at radius 1 is 1.50 bits per heavy atom. The Balaban J connectivity index is 2.08. The van der Waals surface area contributed by atoms with Crippen molar-refractivity contribution in [2.45, 2.75) is 25.0 Å². The van der Waals surface area contributed by atoms with E-state index in [9.17, 15) is 14.4 Å². The van der Waals surface area contributed by atoms with E-state index < -0.39 is 17.9 Å². The number of nitrogens with one attached hydrogen (secondary N) is 1. The van der Waals surface area contributed by atoms with Crippen LogP contribution in [0.15, 0.2) is 0 Å². The normalized spacial score (nSPS) is 31.5. The number of nitrogens with zero attached hydrogens (tertiary/aromatic N) is 1. The second kappa shape index (κ2) is 4.93. The Bertz CT molecular complexity index is 384. The molecule has 0 aromatic heterocycles. The van der Waals surface area contributed by atoms with Crippen molar-refractivity contribution in [3.63, 3.8) is 0 Å². The van der Waals surface area contributed by atoms with Gasteiger partial charge in [-0.05, 0) is 0 Å². The number of likely N-dealkylation sites (tertiary alicyclic amines) is 1. The van der Waals surface area contributed by atoms with Crippen LogP contribution in [0.25, 0.3) is 0 Å². The molecule has 2 aliphatic rings. The third-order valence-corrected chi connectivity index (χ3v) is 3.49. The van der Waals surface area contributed by atoms with Crippen LogP contribution in [0.3, 0.4) is 0 Å². The van der Waals surface area contributed by atoms with Crippen molar-refractivity contribution < 1.29 is 24.2 Å². The van der Waals surface area contributed by atoms with Crippen LogP contribution in [0.2, 0.25) is 0 Å². The molecule has 2 N–H and O–H groups in total. The first-order valence-corrected chi connectivity index (χ1v) is 5.85. The quantitative estimate of drug-likeness (QED) is 0.663. The zero-order chi connectivity index (χ0) is 13.3. The van der Waals surface area contributed by atoms with Gasteiger partial charge >= 0.3 is 5.97 Å². The molecule has 2 heterocycles. The number of ether oxygens (including phenoxy) is 1. The average molecular weight is 256 g/mol. The van der Waals surface area contributed by atoms with E-state index in [1.807, 2.05) is 0 Å². The highest BCUT2D eigenvalue weighted by atomic mass is 16.5. The Hall–Kier alpha value is -1.63. The van der Waals surface area contributed by atoms with Crippen LogP contribution in [-0.4, -0.2) is 60.1 Å². The summed E-state index contributed by atoms with van der Waals surface area (Å²) < 4.78 is 5.12. The van der Waals surface area contributed by atoms with Gasteiger partial charge in [0.2, 0.25) is 11.8 Å². The lowest BCUT2D eigenvalue weighted by Gasteiger charge is -2.23. The maximum atomic E-state index is 12.2. The number of aliphatic carboxylic acids is 1. The molecule has 2 rings (SSSR count). The molecule has 0 aromatic rings. The molecule has 7 heteroatoms. The van der Waals surface area contributed by atoms with Crippen LogP contribution in [0, 0.1) is 5.92 Å². The van der Waals surface area contributed by atoms with E-state index >= 15 is 0 Å². The van der Waals surface area contributed by atoms with Crippen molar-refractivity contribution in [2.75, 3.05) is 20.2 Å². The van der Waals surface area contributed by atoms with Crippen LogP contribution in [0.4, 0.5) is 0 Å². The largest absolute Gasteiger partial charge is 0.480 e. The minimum absolute atomic E-state index is 0.138. The summed E-state index contributed by atoms with van der Waals surface area (Å²) in [6.07, 6.45) is 0.186. The molecular formula is C11H16N2O5. The molecule has 7 nitrogen and oxygen atoms in total. The van der Waals surface area contributed by atoms with E-state index in [1.54, 1.807) is 0 Å². The fourth-order valence-electron chi connectivity index (χ4n) is 2.46. The predicted molar refractivity (Wildman–Crippen MR) is 59.7 cm³/mol. The van der Waals surface area contributed by atoms with E-state index in [1.165, 1.54) is 12.0 Å². The fourth-order valence-corrected chi connectivity index (χ4v) is 2.46. The number of carboxylic acid groups (broad SMARTS) is 1. The van der Waals surface area contributed by atoms with Crippen molar-refractivity contribution >= 4 is 17.8 Å². The van der Waals surface area contributed by atoms with E-state index in [0.29, 0.717) is 6.42 Å². The molecule has 0 bridgehead atoms. The molecule has 3 atom stereocenters. The molecule has 2 fully saturated rings. The van der Waals surface area contributed by atoms with E-state index in [2.05, 4.69) is 5.32 Å². The number of carbonyl (C=O) groups is 3. The number of rotatable bonds is 3. The highest BCUT2D eigenvalue weighted by Crippen LogP contribution is 2.24. The van der Waals surface area contributed by atoms with Gasteiger partial charge in [-0.3, -0.25) is 9.59 Å².